The van der Waals surface area contributed by atoms with Crippen molar-refractivity contribution in [3.8, 4) is 5.75 Å². The monoisotopic (exact) mass is 633 g/mol. The third-order valence-electron chi connectivity index (χ3n) is 6.94. The van der Waals surface area contributed by atoms with E-state index in [4.69, 9.17) is 29.2 Å². The van der Waals surface area contributed by atoms with Gasteiger partial charge in [-0.25, -0.2) is 14.5 Å². The molecule has 0 radical (unpaired) electrons. The van der Waals surface area contributed by atoms with Crippen LogP contribution in [0.1, 0.15) is 47.4 Å². The highest BCUT2D eigenvalue weighted by molar-refractivity contribution is 7.52. The van der Waals surface area contributed by atoms with Crippen LogP contribution in [0.4, 0.5) is 5.82 Å². The summed E-state index contributed by atoms with van der Waals surface area (Å²) in [6.45, 7) is 11.5. The number of rotatable bonds is 12. The number of benzene rings is 3. The molecule has 5 rings (SSSR count). The van der Waals surface area contributed by atoms with Crippen molar-refractivity contribution in [2.45, 2.75) is 72.4 Å². The standard InChI is InChI=1S/C33H40N5O6P/c1-7-41-20-28-36-29-30(26-14-10-11-15-27(26)35-31(29)34)38(28)19-21(2)43-45(40,37-22(3)32(39)42-33(4,5)6)44-25-17-16-23-12-8-9-13-24(23)18-25/h8-18,21-22H,7,19-20H2,1-6H3,(H2,34,35)(H,37,40)/t21-,22+,45+/m1/s1. The first-order valence-corrected chi connectivity index (χ1v) is 16.5. The van der Waals surface area contributed by atoms with E-state index in [1.165, 1.54) is 0 Å². The highest BCUT2D eigenvalue weighted by atomic mass is 31.2. The third kappa shape index (κ3) is 7.62. The molecule has 0 saturated carbocycles. The van der Waals surface area contributed by atoms with Crippen LogP contribution in [0, 0.1) is 0 Å². The van der Waals surface area contributed by atoms with Gasteiger partial charge in [0.1, 0.15) is 35.3 Å². The van der Waals surface area contributed by atoms with Gasteiger partial charge in [-0.1, -0.05) is 48.5 Å². The zero-order valence-electron chi connectivity index (χ0n) is 26.4. The Kier molecular flexibility index (Phi) is 9.46. The Bertz CT molecular complexity index is 1890. The maximum absolute atomic E-state index is 14.5. The van der Waals surface area contributed by atoms with Crippen molar-refractivity contribution in [3.05, 3.63) is 72.6 Å². The van der Waals surface area contributed by atoms with Crippen molar-refractivity contribution in [3.63, 3.8) is 0 Å². The molecular weight excluding hydrogens is 593 g/mol. The van der Waals surface area contributed by atoms with Gasteiger partial charge in [0.2, 0.25) is 0 Å². The van der Waals surface area contributed by atoms with E-state index in [1.54, 1.807) is 46.8 Å². The lowest BCUT2D eigenvalue weighted by Crippen LogP contribution is -2.39. The summed E-state index contributed by atoms with van der Waals surface area (Å²) in [5.41, 5.74) is 7.64. The molecule has 3 atom stereocenters. The van der Waals surface area contributed by atoms with Crippen molar-refractivity contribution >= 4 is 52.2 Å². The predicted molar refractivity (Wildman–Crippen MR) is 176 cm³/mol. The van der Waals surface area contributed by atoms with Gasteiger partial charge in [0.25, 0.3) is 0 Å². The normalized spacial score (nSPS) is 14.8. The number of carbonyl (C=O) groups is 1. The molecule has 0 aliphatic heterocycles. The maximum Gasteiger partial charge on any atom is 0.459 e. The first kappa shape index (κ1) is 32.4. The van der Waals surface area contributed by atoms with Crippen LogP contribution in [-0.2, 0) is 36.5 Å². The van der Waals surface area contributed by atoms with Crippen LogP contribution in [0.2, 0.25) is 0 Å². The van der Waals surface area contributed by atoms with E-state index >= 15 is 0 Å². The van der Waals surface area contributed by atoms with Crippen LogP contribution >= 0.6 is 7.75 Å². The van der Waals surface area contributed by atoms with Crippen LogP contribution in [-0.4, -0.2) is 44.9 Å². The summed E-state index contributed by atoms with van der Waals surface area (Å²) in [5.74, 6) is 0.651. The van der Waals surface area contributed by atoms with Gasteiger partial charge < -0.3 is 24.3 Å². The van der Waals surface area contributed by atoms with Crippen LogP contribution in [0.25, 0.3) is 32.7 Å². The van der Waals surface area contributed by atoms with E-state index in [2.05, 4.69) is 10.1 Å². The minimum atomic E-state index is -4.18. The quantitative estimate of drug-likeness (QED) is 0.112. The van der Waals surface area contributed by atoms with Gasteiger partial charge in [-0.05, 0) is 70.5 Å². The van der Waals surface area contributed by atoms with Gasteiger partial charge in [0, 0.05) is 12.0 Å². The fourth-order valence-electron chi connectivity index (χ4n) is 5.05. The summed E-state index contributed by atoms with van der Waals surface area (Å²) in [6, 6.07) is 19.8. The number of para-hydroxylation sites is 1. The summed E-state index contributed by atoms with van der Waals surface area (Å²) in [7, 11) is -4.18. The minimum Gasteiger partial charge on any atom is -0.459 e. The van der Waals surface area contributed by atoms with Crippen molar-refractivity contribution in [2.24, 2.45) is 0 Å². The van der Waals surface area contributed by atoms with Crippen LogP contribution in [0.3, 0.4) is 0 Å². The van der Waals surface area contributed by atoms with Crippen molar-refractivity contribution in [1.29, 1.82) is 0 Å². The maximum atomic E-state index is 14.5. The lowest BCUT2D eigenvalue weighted by molar-refractivity contribution is -0.156. The Morgan fingerprint density at radius 3 is 2.47 bits per heavy atom. The number of anilines is 1. The molecule has 5 aromatic rings. The number of fused-ring (bicyclic) bond motifs is 4. The fraction of sp³-hybridized carbons (Fsp3) is 0.364. The number of hydrogen-bond acceptors (Lipinski definition) is 9. The number of nitrogen functional groups attached to an aromatic ring is 1. The summed E-state index contributed by atoms with van der Waals surface area (Å²) in [4.78, 5) is 22.2. The van der Waals surface area contributed by atoms with Gasteiger partial charge >= 0.3 is 13.7 Å². The number of pyridine rings is 1. The highest BCUT2D eigenvalue weighted by Gasteiger charge is 2.35. The van der Waals surface area contributed by atoms with Crippen molar-refractivity contribution < 1.29 is 27.9 Å². The number of nitrogens with two attached hydrogens (primary N) is 1. The number of nitrogens with zero attached hydrogens (tertiary/aromatic N) is 3. The molecule has 2 heterocycles. The van der Waals surface area contributed by atoms with E-state index in [-0.39, 0.29) is 13.2 Å². The van der Waals surface area contributed by atoms with E-state index < -0.39 is 31.5 Å². The van der Waals surface area contributed by atoms with E-state index in [9.17, 15) is 9.36 Å². The summed E-state index contributed by atoms with van der Waals surface area (Å²) >= 11 is 0. The Balaban J connectivity index is 1.49. The lowest BCUT2D eigenvalue weighted by atomic mass is 10.1. The number of aromatic nitrogens is 3. The van der Waals surface area contributed by atoms with Crippen LogP contribution in [0.15, 0.2) is 66.7 Å². The molecule has 0 bridgehead atoms. The van der Waals surface area contributed by atoms with Gasteiger partial charge in [-0.3, -0.25) is 9.32 Å². The second kappa shape index (κ2) is 13.1. The average Bonchev–Trinajstić information content (AvgIpc) is 3.33. The van der Waals surface area contributed by atoms with Crippen molar-refractivity contribution in [1.82, 2.24) is 19.6 Å². The molecule has 11 nitrogen and oxygen atoms in total. The molecule has 45 heavy (non-hydrogen) atoms. The molecule has 0 aliphatic carbocycles. The number of imidazole rings is 1. The predicted octanol–water partition coefficient (Wildman–Crippen LogP) is 6.77. The molecule has 0 amide bonds. The molecule has 238 valence electrons. The first-order valence-electron chi connectivity index (χ1n) is 14.9. The van der Waals surface area contributed by atoms with Crippen molar-refractivity contribution in [2.75, 3.05) is 12.3 Å². The number of ether oxygens (including phenoxy) is 2. The molecule has 0 aliphatic rings. The third-order valence-corrected chi connectivity index (χ3v) is 8.73. The first-order chi connectivity index (χ1) is 21.4. The number of hydrogen-bond donors (Lipinski definition) is 2. The van der Waals surface area contributed by atoms with Crippen LogP contribution in [0.5, 0.6) is 5.75 Å². The van der Waals surface area contributed by atoms with Crippen LogP contribution < -0.4 is 15.3 Å². The summed E-state index contributed by atoms with van der Waals surface area (Å²) in [6.07, 6.45) is -0.694. The Morgan fingerprint density at radius 1 is 1.02 bits per heavy atom. The van der Waals surface area contributed by atoms with Gasteiger partial charge in [0.05, 0.1) is 23.7 Å². The molecule has 2 aromatic heterocycles. The minimum absolute atomic E-state index is 0.222. The number of nitrogens with one attached hydrogen (secondary N) is 1. The zero-order chi connectivity index (χ0) is 32.4. The van der Waals surface area contributed by atoms with Gasteiger partial charge in [0.15, 0.2) is 5.82 Å². The molecule has 3 aromatic carbocycles. The number of carbonyl (C=O) groups excluding carboxylic acids is 1. The zero-order valence-corrected chi connectivity index (χ0v) is 27.3. The molecular formula is C33H40N5O6P. The second-order valence-corrected chi connectivity index (χ2v) is 13.5. The molecule has 0 spiro atoms. The van der Waals surface area contributed by atoms with Gasteiger partial charge in [-0.15, -0.1) is 0 Å². The van der Waals surface area contributed by atoms with E-state index in [0.29, 0.717) is 29.5 Å². The average molecular weight is 634 g/mol. The smallest absolute Gasteiger partial charge is 0.459 e. The number of esters is 1. The lowest BCUT2D eigenvalue weighted by Gasteiger charge is -2.28. The Morgan fingerprint density at radius 2 is 1.73 bits per heavy atom. The van der Waals surface area contributed by atoms with Gasteiger partial charge in [-0.2, -0.15) is 5.09 Å². The largest absolute Gasteiger partial charge is 0.459 e. The SMILES string of the molecule is CCOCc1nc2c(N)nc3ccccc3c2n1C[C@@H](C)O[P@@](=O)(N[C@@H](C)C(=O)OC(C)(C)C)Oc1ccc2ccccc2c1. The molecule has 0 saturated heterocycles. The summed E-state index contributed by atoms with van der Waals surface area (Å²) in [5, 5.41) is 5.56. The topological polar surface area (TPSA) is 140 Å². The summed E-state index contributed by atoms with van der Waals surface area (Å²) < 4.78 is 39.9. The molecule has 3 N–H and O–H groups in total. The fourth-order valence-corrected chi connectivity index (χ4v) is 6.72. The second-order valence-electron chi connectivity index (χ2n) is 11.9. The Labute approximate surface area is 262 Å². The molecule has 12 heteroatoms. The molecule has 0 unspecified atom stereocenters. The Hall–Kier alpha value is -4.02. The highest BCUT2D eigenvalue weighted by Crippen LogP contribution is 2.47. The molecule has 0 fully saturated rings. The van der Waals surface area contributed by atoms with E-state index in [1.807, 2.05) is 66.1 Å². The van der Waals surface area contributed by atoms with E-state index in [0.717, 1.165) is 27.2 Å².